The summed E-state index contributed by atoms with van der Waals surface area (Å²) in [6, 6.07) is 3.57. The normalized spacial score (nSPS) is 25.7. The van der Waals surface area contributed by atoms with Gasteiger partial charge in [0, 0.05) is 21.8 Å². The second-order valence-electron chi connectivity index (χ2n) is 7.67. The molecule has 2 rings (SSSR count). The van der Waals surface area contributed by atoms with Gasteiger partial charge in [-0.05, 0) is 69.4 Å². The van der Waals surface area contributed by atoms with Gasteiger partial charge in [0.1, 0.15) is 0 Å². The monoisotopic (exact) mass is 293 g/mol. The number of nitrogens with one attached hydrogen (secondary N) is 1. The van der Waals surface area contributed by atoms with Crippen molar-refractivity contribution in [3.05, 3.63) is 21.4 Å². The molecular formula is C18H31NS. The summed E-state index contributed by atoms with van der Waals surface area (Å²) in [5, 5.41) is 3.87. The maximum atomic E-state index is 3.87. The Morgan fingerprint density at radius 3 is 2.20 bits per heavy atom. The van der Waals surface area contributed by atoms with E-state index in [1.165, 1.54) is 41.0 Å². The molecule has 0 aliphatic heterocycles. The first kappa shape index (κ1) is 16.0. The van der Waals surface area contributed by atoms with Gasteiger partial charge in [0.2, 0.25) is 0 Å². The summed E-state index contributed by atoms with van der Waals surface area (Å²) in [6.07, 6.45) is 5.45. The average Bonchev–Trinajstić information content (AvgIpc) is 2.68. The molecule has 1 N–H and O–H groups in total. The van der Waals surface area contributed by atoms with Crippen molar-refractivity contribution in [1.82, 2.24) is 5.32 Å². The summed E-state index contributed by atoms with van der Waals surface area (Å²) in [4.78, 5) is 2.91. The first-order valence-electron chi connectivity index (χ1n) is 8.10. The molecule has 114 valence electrons. The van der Waals surface area contributed by atoms with E-state index < -0.39 is 0 Å². The van der Waals surface area contributed by atoms with Gasteiger partial charge in [0.25, 0.3) is 0 Å². The predicted molar refractivity (Wildman–Crippen MR) is 90.5 cm³/mol. The van der Waals surface area contributed by atoms with E-state index in [4.69, 9.17) is 0 Å². The zero-order chi connectivity index (χ0) is 14.9. The summed E-state index contributed by atoms with van der Waals surface area (Å²) < 4.78 is 0. The fraction of sp³-hybridized carbons (Fsp3) is 0.778. The van der Waals surface area contributed by atoms with E-state index in [0.717, 1.165) is 5.92 Å². The van der Waals surface area contributed by atoms with Gasteiger partial charge in [-0.3, -0.25) is 0 Å². The molecule has 0 saturated heterocycles. The second kappa shape index (κ2) is 6.19. The van der Waals surface area contributed by atoms with E-state index in [9.17, 15) is 0 Å². The van der Waals surface area contributed by atoms with Crippen LogP contribution in [0.25, 0.3) is 0 Å². The van der Waals surface area contributed by atoms with Crippen LogP contribution in [0.5, 0.6) is 0 Å². The van der Waals surface area contributed by atoms with Crippen molar-refractivity contribution in [2.45, 2.75) is 79.3 Å². The quantitative estimate of drug-likeness (QED) is 0.762. The molecule has 2 heteroatoms. The number of aryl methyl sites for hydroxylation is 2. The lowest BCUT2D eigenvalue weighted by molar-refractivity contribution is 0.157. The number of rotatable bonds is 3. The van der Waals surface area contributed by atoms with Crippen molar-refractivity contribution >= 4 is 11.3 Å². The Hall–Kier alpha value is -0.340. The maximum Gasteiger partial charge on any atom is 0.0305 e. The van der Waals surface area contributed by atoms with Crippen LogP contribution < -0.4 is 5.32 Å². The highest BCUT2D eigenvalue weighted by Gasteiger charge is 2.30. The molecule has 0 radical (unpaired) electrons. The van der Waals surface area contributed by atoms with Gasteiger partial charge < -0.3 is 5.32 Å². The molecule has 20 heavy (non-hydrogen) atoms. The third kappa shape index (κ3) is 3.85. The Kier molecular flexibility index (Phi) is 4.96. The third-order valence-electron chi connectivity index (χ3n) is 4.98. The molecule has 1 heterocycles. The van der Waals surface area contributed by atoms with E-state index in [-0.39, 0.29) is 0 Å². The molecule has 1 saturated carbocycles. The van der Waals surface area contributed by atoms with Gasteiger partial charge in [-0.2, -0.15) is 0 Å². The minimum atomic E-state index is 0.484. The van der Waals surface area contributed by atoms with Crippen molar-refractivity contribution in [2.24, 2.45) is 11.3 Å². The van der Waals surface area contributed by atoms with E-state index in [2.05, 4.69) is 52.9 Å². The topological polar surface area (TPSA) is 12.0 Å². The Labute approximate surface area is 129 Å². The van der Waals surface area contributed by atoms with E-state index in [1.807, 2.05) is 11.3 Å². The summed E-state index contributed by atoms with van der Waals surface area (Å²) >= 11 is 1.92. The predicted octanol–water partition coefficient (Wildman–Crippen LogP) is 5.62. The Bertz CT molecular complexity index is 433. The number of hydrogen-bond donors (Lipinski definition) is 1. The van der Waals surface area contributed by atoms with Crippen LogP contribution in [0, 0.1) is 25.2 Å². The van der Waals surface area contributed by atoms with Gasteiger partial charge in [-0.1, -0.05) is 20.8 Å². The van der Waals surface area contributed by atoms with Crippen molar-refractivity contribution in [1.29, 1.82) is 0 Å². The Morgan fingerprint density at radius 2 is 1.75 bits per heavy atom. The van der Waals surface area contributed by atoms with Crippen molar-refractivity contribution in [3.63, 3.8) is 0 Å². The van der Waals surface area contributed by atoms with Crippen molar-refractivity contribution < 1.29 is 0 Å². The number of hydrogen-bond acceptors (Lipinski definition) is 2. The lowest BCUT2D eigenvalue weighted by Crippen LogP contribution is -2.37. The summed E-state index contributed by atoms with van der Waals surface area (Å²) in [7, 11) is 0. The highest BCUT2D eigenvalue weighted by atomic mass is 32.1. The molecule has 1 aliphatic rings. The molecule has 0 aromatic carbocycles. The van der Waals surface area contributed by atoms with Crippen molar-refractivity contribution in [3.8, 4) is 0 Å². The number of thiophene rings is 1. The lowest BCUT2D eigenvalue weighted by Gasteiger charge is -2.38. The smallest absolute Gasteiger partial charge is 0.0305 e. The zero-order valence-electron chi connectivity index (χ0n) is 14.0. The highest BCUT2D eigenvalue weighted by molar-refractivity contribution is 7.12. The molecule has 1 aromatic rings. The largest absolute Gasteiger partial charge is 0.307 e. The SMILES string of the molecule is Cc1cc(C(C)NC2CCC(C(C)(C)C)CC2)c(C)s1. The molecule has 1 unspecified atom stereocenters. The fourth-order valence-corrected chi connectivity index (χ4v) is 4.67. The third-order valence-corrected chi connectivity index (χ3v) is 5.97. The van der Waals surface area contributed by atoms with Crippen LogP contribution in [0.2, 0.25) is 0 Å². The molecule has 0 spiro atoms. The minimum Gasteiger partial charge on any atom is -0.307 e. The first-order valence-corrected chi connectivity index (χ1v) is 8.92. The van der Waals surface area contributed by atoms with Crippen LogP contribution in [0.15, 0.2) is 6.07 Å². The average molecular weight is 294 g/mol. The molecule has 1 aromatic heterocycles. The molecular weight excluding hydrogens is 262 g/mol. The second-order valence-corrected chi connectivity index (χ2v) is 9.13. The van der Waals surface area contributed by atoms with Gasteiger partial charge in [-0.15, -0.1) is 11.3 Å². The van der Waals surface area contributed by atoms with E-state index >= 15 is 0 Å². The van der Waals surface area contributed by atoms with Gasteiger partial charge >= 0.3 is 0 Å². The van der Waals surface area contributed by atoms with Crippen LogP contribution in [-0.4, -0.2) is 6.04 Å². The van der Waals surface area contributed by atoms with Crippen LogP contribution in [0.3, 0.4) is 0 Å². The Morgan fingerprint density at radius 1 is 1.15 bits per heavy atom. The van der Waals surface area contributed by atoms with Crippen LogP contribution in [-0.2, 0) is 0 Å². The van der Waals surface area contributed by atoms with E-state index in [0.29, 0.717) is 17.5 Å². The van der Waals surface area contributed by atoms with Gasteiger partial charge in [-0.25, -0.2) is 0 Å². The molecule has 1 atom stereocenters. The molecule has 0 amide bonds. The lowest BCUT2D eigenvalue weighted by atomic mass is 9.71. The molecule has 1 nitrogen and oxygen atoms in total. The summed E-state index contributed by atoms with van der Waals surface area (Å²) in [5.41, 5.74) is 1.99. The summed E-state index contributed by atoms with van der Waals surface area (Å²) in [5.74, 6) is 0.904. The Balaban J connectivity index is 1.88. The van der Waals surface area contributed by atoms with Crippen molar-refractivity contribution in [2.75, 3.05) is 0 Å². The van der Waals surface area contributed by atoms with Crippen LogP contribution in [0.1, 0.15) is 74.7 Å². The summed E-state index contributed by atoms with van der Waals surface area (Å²) in [6.45, 7) is 14.0. The van der Waals surface area contributed by atoms with Gasteiger partial charge in [0.05, 0.1) is 0 Å². The molecule has 0 bridgehead atoms. The zero-order valence-corrected chi connectivity index (χ0v) is 14.9. The molecule has 1 aliphatic carbocycles. The van der Waals surface area contributed by atoms with Gasteiger partial charge in [0.15, 0.2) is 0 Å². The maximum absolute atomic E-state index is 3.87. The molecule has 1 fully saturated rings. The van der Waals surface area contributed by atoms with Crippen LogP contribution in [0.4, 0.5) is 0 Å². The minimum absolute atomic E-state index is 0.484. The highest BCUT2D eigenvalue weighted by Crippen LogP contribution is 2.38. The van der Waals surface area contributed by atoms with E-state index in [1.54, 1.807) is 0 Å². The standard InChI is InChI=1S/C18H31NS/c1-12-11-17(14(3)20-12)13(2)19-16-9-7-15(8-10-16)18(4,5)6/h11,13,15-16,19H,7-10H2,1-6H3. The fourth-order valence-electron chi connectivity index (χ4n) is 3.65. The van der Waals surface area contributed by atoms with Crippen LogP contribution >= 0.6 is 11.3 Å². The first-order chi connectivity index (χ1) is 9.27.